The van der Waals surface area contributed by atoms with Crippen LogP contribution in [0.25, 0.3) is 0 Å². The highest BCUT2D eigenvalue weighted by Crippen LogP contribution is 2.26. The minimum absolute atomic E-state index is 0.138. The molecule has 0 saturated carbocycles. The van der Waals surface area contributed by atoms with Crippen LogP contribution in [0.2, 0.25) is 0 Å². The Morgan fingerprint density at radius 2 is 1.84 bits per heavy atom. The van der Waals surface area contributed by atoms with E-state index in [2.05, 4.69) is 55.9 Å². The van der Waals surface area contributed by atoms with Gasteiger partial charge in [-0.25, -0.2) is 0 Å². The highest BCUT2D eigenvalue weighted by atomic mass is 79.9. The summed E-state index contributed by atoms with van der Waals surface area (Å²) in [4.78, 5) is 0. The van der Waals surface area contributed by atoms with Crippen molar-refractivity contribution in [3.8, 4) is 5.75 Å². The molecule has 3 heteroatoms. The molecule has 0 heterocycles. The second-order valence-corrected chi connectivity index (χ2v) is 7.77. The number of benzene rings is 1. The summed E-state index contributed by atoms with van der Waals surface area (Å²) in [5, 5.41) is 3.56. The quantitative estimate of drug-likeness (QED) is 0.769. The lowest BCUT2D eigenvalue weighted by molar-refractivity contribution is 0.223. The lowest BCUT2D eigenvalue weighted by Crippen LogP contribution is -2.44. The van der Waals surface area contributed by atoms with E-state index >= 15 is 0 Å². The van der Waals surface area contributed by atoms with Crippen LogP contribution in [0.4, 0.5) is 0 Å². The van der Waals surface area contributed by atoms with Crippen molar-refractivity contribution in [1.29, 1.82) is 0 Å². The van der Waals surface area contributed by atoms with Crippen LogP contribution in [0.3, 0.4) is 0 Å². The molecule has 2 nitrogen and oxygen atoms in total. The third-order valence-electron chi connectivity index (χ3n) is 2.74. The molecule has 0 amide bonds. The molecule has 0 aromatic heterocycles. The Morgan fingerprint density at radius 1 is 1.16 bits per heavy atom. The van der Waals surface area contributed by atoms with E-state index in [0.29, 0.717) is 12.0 Å². The van der Waals surface area contributed by atoms with Gasteiger partial charge in [0.15, 0.2) is 0 Å². The van der Waals surface area contributed by atoms with Crippen molar-refractivity contribution >= 4 is 15.9 Å². The average molecular weight is 328 g/mol. The van der Waals surface area contributed by atoms with Crippen LogP contribution in [0.5, 0.6) is 5.75 Å². The summed E-state index contributed by atoms with van der Waals surface area (Å²) in [5.74, 6) is 0.907. The molecule has 1 N–H and O–H groups in total. The van der Waals surface area contributed by atoms with E-state index in [1.165, 1.54) is 0 Å². The van der Waals surface area contributed by atoms with E-state index in [4.69, 9.17) is 4.74 Å². The molecule has 108 valence electrons. The van der Waals surface area contributed by atoms with Gasteiger partial charge in [0.25, 0.3) is 0 Å². The highest BCUT2D eigenvalue weighted by molar-refractivity contribution is 9.10. The number of nitrogens with one attached hydrogen (secondary N) is 1. The third-order valence-corrected chi connectivity index (χ3v) is 3.24. The summed E-state index contributed by atoms with van der Waals surface area (Å²) in [6.07, 6.45) is 1.14. The normalized spacial score (nSPS) is 12.5. The van der Waals surface area contributed by atoms with Gasteiger partial charge in [0.05, 0.1) is 0 Å². The van der Waals surface area contributed by atoms with E-state index in [-0.39, 0.29) is 5.54 Å². The predicted molar refractivity (Wildman–Crippen MR) is 85.8 cm³/mol. The van der Waals surface area contributed by atoms with Gasteiger partial charge >= 0.3 is 0 Å². The van der Waals surface area contributed by atoms with Crippen molar-refractivity contribution in [3.05, 3.63) is 28.7 Å². The van der Waals surface area contributed by atoms with Gasteiger partial charge in [-0.3, -0.25) is 0 Å². The summed E-state index contributed by atoms with van der Waals surface area (Å²) in [5.41, 5.74) is 0.473. The molecule has 0 spiro atoms. The van der Waals surface area contributed by atoms with Crippen LogP contribution in [-0.4, -0.2) is 18.7 Å². The molecule has 0 atom stereocenters. The van der Waals surface area contributed by atoms with Gasteiger partial charge in [-0.1, -0.05) is 42.8 Å². The second kappa shape index (κ2) is 6.76. The van der Waals surface area contributed by atoms with Crippen LogP contribution in [0, 0.1) is 5.41 Å². The Hall–Kier alpha value is -0.540. The number of rotatable bonds is 6. The summed E-state index contributed by atoms with van der Waals surface area (Å²) < 4.78 is 6.77. The van der Waals surface area contributed by atoms with Crippen LogP contribution >= 0.6 is 15.9 Å². The zero-order chi connectivity index (χ0) is 14.5. The molecule has 0 saturated heterocycles. The fourth-order valence-corrected chi connectivity index (χ4v) is 2.88. The highest BCUT2D eigenvalue weighted by Gasteiger charge is 2.24. The van der Waals surface area contributed by atoms with Crippen molar-refractivity contribution in [2.75, 3.05) is 13.2 Å². The second-order valence-electron chi connectivity index (χ2n) is 6.85. The predicted octanol–water partition coefficient (Wildman–Crippen LogP) is 4.63. The van der Waals surface area contributed by atoms with E-state index in [1.54, 1.807) is 0 Å². The van der Waals surface area contributed by atoms with E-state index in [0.717, 1.165) is 23.2 Å². The average Bonchev–Trinajstić information content (AvgIpc) is 2.21. The van der Waals surface area contributed by atoms with Crippen molar-refractivity contribution in [2.45, 2.75) is 46.6 Å². The SMILES string of the molecule is CC(C)(C)CC(C)(C)NCCOc1cccc(Br)c1. The summed E-state index contributed by atoms with van der Waals surface area (Å²) in [7, 11) is 0. The lowest BCUT2D eigenvalue weighted by Gasteiger charge is -2.33. The first kappa shape index (κ1) is 16.5. The smallest absolute Gasteiger partial charge is 0.120 e. The van der Waals surface area contributed by atoms with Crippen LogP contribution in [0.1, 0.15) is 41.0 Å². The maximum atomic E-state index is 5.72. The van der Waals surface area contributed by atoms with E-state index in [9.17, 15) is 0 Å². The van der Waals surface area contributed by atoms with E-state index in [1.807, 2.05) is 24.3 Å². The Labute approximate surface area is 126 Å². The molecule has 1 rings (SSSR count). The van der Waals surface area contributed by atoms with Crippen LogP contribution in [-0.2, 0) is 0 Å². The van der Waals surface area contributed by atoms with Gasteiger partial charge in [-0.2, -0.15) is 0 Å². The number of ether oxygens (including phenoxy) is 1. The van der Waals surface area contributed by atoms with Crippen molar-refractivity contribution in [2.24, 2.45) is 5.41 Å². The lowest BCUT2D eigenvalue weighted by atomic mass is 9.82. The van der Waals surface area contributed by atoms with Gasteiger partial charge in [-0.15, -0.1) is 0 Å². The molecule has 0 aliphatic carbocycles. The number of hydrogen-bond acceptors (Lipinski definition) is 2. The monoisotopic (exact) mass is 327 g/mol. The fourth-order valence-electron chi connectivity index (χ4n) is 2.50. The third kappa shape index (κ3) is 7.58. The Kier molecular flexibility index (Phi) is 5.87. The maximum absolute atomic E-state index is 5.72. The van der Waals surface area contributed by atoms with Crippen molar-refractivity contribution in [3.63, 3.8) is 0 Å². The number of halogens is 1. The van der Waals surface area contributed by atoms with Gasteiger partial charge in [0.2, 0.25) is 0 Å². The largest absolute Gasteiger partial charge is 0.492 e. The van der Waals surface area contributed by atoms with Crippen LogP contribution in [0.15, 0.2) is 28.7 Å². The first-order valence-corrected chi connectivity index (χ1v) is 7.61. The first-order chi connectivity index (χ1) is 8.68. The van der Waals surface area contributed by atoms with Gasteiger partial charge < -0.3 is 10.1 Å². The molecular formula is C16H26BrNO. The standard InChI is InChI=1S/C16H26BrNO/c1-15(2,3)12-16(4,5)18-9-10-19-14-8-6-7-13(17)11-14/h6-8,11,18H,9-10,12H2,1-5H3. The van der Waals surface area contributed by atoms with Crippen molar-refractivity contribution < 1.29 is 4.74 Å². The molecule has 0 bridgehead atoms. The molecule has 0 aliphatic heterocycles. The van der Waals surface area contributed by atoms with Crippen LogP contribution < -0.4 is 10.1 Å². The topological polar surface area (TPSA) is 21.3 Å². The summed E-state index contributed by atoms with van der Waals surface area (Å²) in [6, 6.07) is 7.94. The molecular weight excluding hydrogens is 302 g/mol. The summed E-state index contributed by atoms with van der Waals surface area (Å²) in [6.45, 7) is 12.9. The number of hydrogen-bond donors (Lipinski definition) is 1. The molecule has 19 heavy (non-hydrogen) atoms. The minimum atomic E-state index is 0.138. The zero-order valence-corrected chi connectivity index (χ0v) is 14.3. The molecule has 1 aromatic rings. The van der Waals surface area contributed by atoms with Gasteiger partial charge in [-0.05, 0) is 43.9 Å². The summed E-state index contributed by atoms with van der Waals surface area (Å²) >= 11 is 3.44. The van der Waals surface area contributed by atoms with Gasteiger partial charge in [0.1, 0.15) is 12.4 Å². The molecule has 0 radical (unpaired) electrons. The maximum Gasteiger partial charge on any atom is 0.120 e. The Morgan fingerprint density at radius 3 is 2.42 bits per heavy atom. The molecule has 1 aromatic carbocycles. The van der Waals surface area contributed by atoms with Crippen molar-refractivity contribution in [1.82, 2.24) is 5.32 Å². The first-order valence-electron chi connectivity index (χ1n) is 6.81. The zero-order valence-electron chi connectivity index (χ0n) is 12.7. The van der Waals surface area contributed by atoms with Gasteiger partial charge in [0, 0.05) is 16.6 Å². The fraction of sp³-hybridized carbons (Fsp3) is 0.625. The Bertz CT molecular complexity index is 396. The Balaban J connectivity index is 2.31. The molecule has 0 fully saturated rings. The minimum Gasteiger partial charge on any atom is -0.492 e. The molecule has 0 unspecified atom stereocenters. The molecule has 0 aliphatic rings. The van der Waals surface area contributed by atoms with E-state index < -0.39 is 0 Å².